The summed E-state index contributed by atoms with van der Waals surface area (Å²) in [6.07, 6.45) is 2.80. The van der Waals surface area contributed by atoms with Crippen molar-refractivity contribution in [1.82, 2.24) is 4.98 Å². The molecule has 2 N–H and O–H groups in total. The molecule has 1 heterocycles. The third-order valence-corrected chi connectivity index (χ3v) is 4.92. The highest BCUT2D eigenvalue weighted by Gasteiger charge is 2.08. The van der Waals surface area contributed by atoms with Gasteiger partial charge in [-0.25, -0.2) is 4.79 Å². The van der Waals surface area contributed by atoms with Gasteiger partial charge in [0.25, 0.3) is 0 Å². The zero-order valence-corrected chi connectivity index (χ0v) is 16.2. The van der Waals surface area contributed by atoms with Gasteiger partial charge in [0, 0.05) is 41.1 Å². The van der Waals surface area contributed by atoms with Gasteiger partial charge >= 0.3 is 5.97 Å². The van der Waals surface area contributed by atoms with Gasteiger partial charge in [0.2, 0.25) is 0 Å². The van der Waals surface area contributed by atoms with E-state index < -0.39 is 5.97 Å². The molecule has 4 heteroatoms. The van der Waals surface area contributed by atoms with E-state index >= 15 is 0 Å². The Hall–Kier alpha value is -4.10. The summed E-state index contributed by atoms with van der Waals surface area (Å²) in [4.78, 5) is 27.2. The van der Waals surface area contributed by atoms with E-state index in [1.54, 1.807) is 30.5 Å². The monoisotopic (exact) mass is 393 g/mol. The lowest BCUT2D eigenvalue weighted by atomic mass is 10.0. The standard InChI is InChI=1S/C26H19NO3/c28-25-22(15-20-9-12-21(13-10-20)26(29)30)17-27-24-14-11-19(16-23(24)25)8-4-7-18-5-2-1-3-6-18/h1-3,5-6,9-14,16-17H,7,15H2,(H,27,28)(H,29,30). The van der Waals surface area contributed by atoms with Gasteiger partial charge in [0.05, 0.1) is 5.56 Å². The van der Waals surface area contributed by atoms with Crippen molar-refractivity contribution >= 4 is 16.9 Å². The molecule has 30 heavy (non-hydrogen) atoms. The van der Waals surface area contributed by atoms with Crippen molar-refractivity contribution in [3.8, 4) is 11.8 Å². The van der Waals surface area contributed by atoms with Gasteiger partial charge < -0.3 is 10.1 Å². The van der Waals surface area contributed by atoms with Crippen LogP contribution < -0.4 is 5.43 Å². The summed E-state index contributed by atoms with van der Waals surface area (Å²) < 4.78 is 0. The zero-order chi connectivity index (χ0) is 20.9. The summed E-state index contributed by atoms with van der Waals surface area (Å²) >= 11 is 0. The fraction of sp³-hybridized carbons (Fsp3) is 0.0769. The lowest BCUT2D eigenvalue weighted by Gasteiger charge is -2.05. The van der Waals surface area contributed by atoms with Gasteiger partial charge in [0.15, 0.2) is 5.43 Å². The highest BCUT2D eigenvalue weighted by Crippen LogP contribution is 2.14. The molecule has 0 aliphatic carbocycles. The summed E-state index contributed by atoms with van der Waals surface area (Å²) in [5.41, 5.74) is 4.40. The number of fused-ring (bicyclic) bond motifs is 1. The number of aromatic amines is 1. The zero-order valence-electron chi connectivity index (χ0n) is 16.2. The van der Waals surface area contributed by atoms with E-state index in [1.165, 1.54) is 0 Å². The molecule has 0 saturated heterocycles. The number of benzene rings is 3. The fourth-order valence-corrected chi connectivity index (χ4v) is 3.30. The molecule has 0 fully saturated rings. The Morgan fingerprint density at radius 3 is 2.43 bits per heavy atom. The largest absolute Gasteiger partial charge is 0.478 e. The highest BCUT2D eigenvalue weighted by atomic mass is 16.4. The number of nitrogens with one attached hydrogen (secondary N) is 1. The maximum absolute atomic E-state index is 13.0. The number of carbonyl (C=O) groups is 1. The van der Waals surface area contributed by atoms with Crippen molar-refractivity contribution in [3.05, 3.63) is 117 Å². The molecule has 0 unspecified atom stereocenters. The predicted octanol–water partition coefficient (Wildman–Crippen LogP) is 4.41. The van der Waals surface area contributed by atoms with E-state index in [0.29, 0.717) is 23.8 Å². The number of hydrogen-bond acceptors (Lipinski definition) is 2. The smallest absolute Gasteiger partial charge is 0.335 e. The Bertz CT molecular complexity index is 1320. The first-order valence-electron chi connectivity index (χ1n) is 9.59. The topological polar surface area (TPSA) is 70.2 Å². The molecule has 0 amide bonds. The third kappa shape index (κ3) is 4.31. The molecule has 4 nitrogen and oxygen atoms in total. The average molecular weight is 393 g/mol. The van der Waals surface area contributed by atoms with Gasteiger partial charge in [-0.05, 0) is 41.5 Å². The van der Waals surface area contributed by atoms with E-state index in [9.17, 15) is 9.59 Å². The molecule has 4 aromatic rings. The van der Waals surface area contributed by atoms with Crippen molar-refractivity contribution in [2.45, 2.75) is 12.8 Å². The minimum atomic E-state index is -0.967. The normalized spacial score (nSPS) is 10.4. The Morgan fingerprint density at radius 2 is 1.70 bits per heavy atom. The van der Waals surface area contributed by atoms with Crippen LogP contribution >= 0.6 is 0 Å². The molecular weight excluding hydrogens is 374 g/mol. The summed E-state index contributed by atoms with van der Waals surface area (Å²) in [5.74, 6) is 5.33. The molecule has 0 aliphatic heterocycles. The van der Waals surface area contributed by atoms with Crippen LogP contribution in [-0.2, 0) is 12.8 Å². The van der Waals surface area contributed by atoms with Crippen molar-refractivity contribution in [2.75, 3.05) is 0 Å². The van der Waals surface area contributed by atoms with E-state index in [4.69, 9.17) is 5.11 Å². The molecule has 0 radical (unpaired) electrons. The summed E-state index contributed by atoms with van der Waals surface area (Å²) in [5, 5.41) is 9.61. The van der Waals surface area contributed by atoms with E-state index in [2.05, 4.69) is 16.8 Å². The Kier molecular flexibility index (Phi) is 5.45. The predicted molar refractivity (Wildman–Crippen MR) is 118 cm³/mol. The van der Waals surface area contributed by atoms with Crippen LogP contribution in [0, 0.1) is 11.8 Å². The van der Waals surface area contributed by atoms with Crippen LogP contribution in [0.15, 0.2) is 83.8 Å². The van der Waals surface area contributed by atoms with Crippen molar-refractivity contribution in [3.63, 3.8) is 0 Å². The van der Waals surface area contributed by atoms with Crippen LogP contribution in [0.25, 0.3) is 10.9 Å². The summed E-state index contributed by atoms with van der Waals surface area (Å²) in [7, 11) is 0. The first-order valence-corrected chi connectivity index (χ1v) is 9.59. The first-order chi connectivity index (χ1) is 14.6. The number of aromatic carboxylic acids is 1. The fourth-order valence-electron chi connectivity index (χ4n) is 3.30. The van der Waals surface area contributed by atoms with Gasteiger partial charge in [-0.3, -0.25) is 4.79 Å². The van der Waals surface area contributed by atoms with Crippen molar-refractivity contribution < 1.29 is 9.90 Å². The average Bonchev–Trinajstić information content (AvgIpc) is 2.77. The second kappa shape index (κ2) is 8.50. The maximum atomic E-state index is 13.0. The second-order valence-electron chi connectivity index (χ2n) is 7.05. The lowest BCUT2D eigenvalue weighted by molar-refractivity contribution is 0.0697. The Labute approximate surface area is 173 Å². The summed E-state index contributed by atoms with van der Waals surface area (Å²) in [6, 6.07) is 22.2. The quantitative estimate of drug-likeness (QED) is 0.505. The van der Waals surface area contributed by atoms with E-state index in [-0.39, 0.29) is 11.0 Å². The number of hydrogen-bond donors (Lipinski definition) is 2. The minimum absolute atomic E-state index is 0.0437. The number of carboxylic acids is 1. The molecule has 0 atom stereocenters. The van der Waals surface area contributed by atoms with Crippen LogP contribution in [-0.4, -0.2) is 16.1 Å². The molecule has 0 bridgehead atoms. The van der Waals surface area contributed by atoms with Crippen molar-refractivity contribution in [2.24, 2.45) is 0 Å². The molecule has 0 aliphatic rings. The van der Waals surface area contributed by atoms with Crippen LogP contribution in [0.3, 0.4) is 0 Å². The van der Waals surface area contributed by atoms with E-state index in [1.807, 2.05) is 48.5 Å². The second-order valence-corrected chi connectivity index (χ2v) is 7.05. The molecule has 1 aromatic heterocycles. The first kappa shape index (κ1) is 19.2. The third-order valence-electron chi connectivity index (χ3n) is 4.92. The van der Waals surface area contributed by atoms with Gasteiger partial charge in [-0.1, -0.05) is 54.3 Å². The highest BCUT2D eigenvalue weighted by molar-refractivity contribution is 5.87. The molecular formula is C26H19NO3. The van der Waals surface area contributed by atoms with Gasteiger partial charge in [0.1, 0.15) is 0 Å². The molecule has 3 aromatic carbocycles. The van der Waals surface area contributed by atoms with Crippen molar-refractivity contribution in [1.29, 1.82) is 0 Å². The SMILES string of the molecule is O=C(O)c1ccc(Cc2c[nH]c3ccc(C#CCc4ccccc4)cc3c2=O)cc1. The van der Waals surface area contributed by atoms with Gasteiger partial charge in [-0.15, -0.1) is 0 Å². The number of rotatable bonds is 4. The minimum Gasteiger partial charge on any atom is -0.478 e. The van der Waals surface area contributed by atoms with Crippen LogP contribution in [0.5, 0.6) is 0 Å². The number of carboxylic acid groups (broad SMARTS) is 1. The maximum Gasteiger partial charge on any atom is 0.335 e. The Morgan fingerprint density at radius 1 is 0.933 bits per heavy atom. The van der Waals surface area contributed by atoms with E-state index in [0.717, 1.165) is 22.2 Å². The van der Waals surface area contributed by atoms with Crippen LogP contribution in [0.2, 0.25) is 0 Å². The number of H-pyrrole nitrogens is 1. The van der Waals surface area contributed by atoms with Crippen LogP contribution in [0.4, 0.5) is 0 Å². The number of pyridine rings is 1. The molecule has 4 rings (SSSR count). The molecule has 146 valence electrons. The van der Waals surface area contributed by atoms with Gasteiger partial charge in [-0.2, -0.15) is 0 Å². The number of aromatic nitrogens is 1. The molecule has 0 spiro atoms. The Balaban J connectivity index is 1.60. The molecule has 0 saturated carbocycles. The lowest BCUT2D eigenvalue weighted by Crippen LogP contribution is -2.11. The summed E-state index contributed by atoms with van der Waals surface area (Å²) in [6.45, 7) is 0. The van der Waals surface area contributed by atoms with Crippen LogP contribution in [0.1, 0.15) is 32.6 Å².